The Morgan fingerprint density at radius 3 is 1.73 bits per heavy atom. The van der Waals surface area contributed by atoms with Crippen LogP contribution < -0.4 is 10.4 Å². The van der Waals surface area contributed by atoms with Crippen molar-refractivity contribution in [3.05, 3.63) is 163 Å². The first-order valence-corrected chi connectivity index (χ1v) is 21.1. The summed E-state index contributed by atoms with van der Waals surface area (Å²) >= 11 is 0. The first kappa shape index (κ1) is 30.8. The van der Waals surface area contributed by atoms with E-state index in [1.807, 2.05) is 0 Å². The summed E-state index contributed by atoms with van der Waals surface area (Å²) < 4.78 is 0. The fourth-order valence-electron chi connectivity index (χ4n) is 8.81. The zero-order valence-corrected chi connectivity index (χ0v) is 30.8. The highest BCUT2D eigenvalue weighted by Crippen LogP contribution is 2.51. The van der Waals surface area contributed by atoms with Crippen molar-refractivity contribution < 1.29 is 0 Å². The molecule has 10 rings (SSSR count). The van der Waals surface area contributed by atoms with Gasteiger partial charge >= 0.3 is 0 Å². The lowest BCUT2D eigenvalue weighted by Gasteiger charge is -2.21. The van der Waals surface area contributed by atoms with Gasteiger partial charge in [-0.1, -0.05) is 173 Å². The van der Waals surface area contributed by atoms with Gasteiger partial charge in [0.15, 0.2) is 17.5 Å². The van der Waals surface area contributed by atoms with Crippen molar-refractivity contribution in [2.24, 2.45) is 0 Å². The molecule has 0 unspecified atom stereocenters. The number of hydrogen-bond acceptors (Lipinski definition) is 3. The van der Waals surface area contributed by atoms with Gasteiger partial charge < -0.3 is 0 Å². The minimum atomic E-state index is -1.90. The van der Waals surface area contributed by atoms with Gasteiger partial charge in [-0.25, -0.2) is 15.0 Å². The number of benzene rings is 7. The van der Waals surface area contributed by atoms with Gasteiger partial charge in [-0.05, 0) is 71.7 Å². The predicted molar refractivity (Wildman–Crippen MR) is 219 cm³/mol. The smallest absolute Gasteiger partial charge is 0.164 e. The Morgan fingerprint density at radius 1 is 0.404 bits per heavy atom. The lowest BCUT2D eigenvalue weighted by atomic mass is 9.82. The molecule has 4 heteroatoms. The van der Waals surface area contributed by atoms with Gasteiger partial charge in [0.1, 0.15) is 8.07 Å². The molecule has 0 saturated carbocycles. The maximum Gasteiger partial charge on any atom is 0.164 e. The van der Waals surface area contributed by atoms with E-state index in [1.54, 1.807) is 0 Å². The number of rotatable bonds is 4. The molecule has 0 N–H and O–H groups in total. The lowest BCUT2D eigenvalue weighted by molar-refractivity contribution is 0.660. The second kappa shape index (κ2) is 11.3. The summed E-state index contributed by atoms with van der Waals surface area (Å²) in [5.41, 5.74) is 13.0. The third-order valence-electron chi connectivity index (χ3n) is 11.6. The molecule has 7 aromatic carbocycles. The molecule has 0 radical (unpaired) electrons. The summed E-state index contributed by atoms with van der Waals surface area (Å²) in [5.74, 6) is 2.08. The minimum Gasteiger partial charge on any atom is -0.208 e. The monoisotopic (exact) mass is 683 g/mol. The van der Waals surface area contributed by atoms with Crippen molar-refractivity contribution in [3.8, 4) is 67.5 Å². The second-order valence-electron chi connectivity index (χ2n) is 15.2. The number of fused-ring (bicyclic) bond motifs is 7. The van der Waals surface area contributed by atoms with Crippen LogP contribution in [0.3, 0.4) is 0 Å². The summed E-state index contributed by atoms with van der Waals surface area (Å²) in [4.78, 5) is 16.0. The molecule has 0 saturated heterocycles. The Bertz CT molecular complexity index is 2620. The average molecular weight is 684 g/mol. The Hall–Kier alpha value is -5.97. The molecule has 52 heavy (non-hydrogen) atoms. The van der Waals surface area contributed by atoms with Gasteiger partial charge in [-0.15, -0.1) is 0 Å². The van der Waals surface area contributed by atoms with E-state index < -0.39 is 8.07 Å². The van der Waals surface area contributed by atoms with E-state index in [0.29, 0.717) is 17.5 Å². The van der Waals surface area contributed by atoms with Gasteiger partial charge in [0.2, 0.25) is 0 Å². The highest BCUT2D eigenvalue weighted by atomic mass is 28.3. The van der Waals surface area contributed by atoms with Crippen molar-refractivity contribution in [2.75, 3.05) is 0 Å². The number of nitrogens with zero attached hydrogens (tertiary/aromatic N) is 3. The van der Waals surface area contributed by atoms with E-state index in [-0.39, 0.29) is 5.41 Å². The molecule has 2 aliphatic rings. The molecule has 0 fully saturated rings. The highest BCUT2D eigenvalue weighted by Gasteiger charge is 2.40. The Morgan fingerprint density at radius 2 is 0.942 bits per heavy atom. The van der Waals surface area contributed by atoms with Crippen LogP contribution in [0.2, 0.25) is 13.1 Å². The zero-order valence-electron chi connectivity index (χ0n) is 29.8. The van der Waals surface area contributed by atoms with E-state index in [9.17, 15) is 0 Å². The first-order valence-electron chi connectivity index (χ1n) is 18.1. The Balaban J connectivity index is 1.18. The SMILES string of the molecule is CC1(C)c2ccccc2-c2c(-c3nc(-c4ccc(-c5ccc6ccccc6c5)cc4)nc(-c4cccc5c4-c4ccccc4[Si]5(C)C)n3)cccc21. The van der Waals surface area contributed by atoms with Crippen LogP contribution in [0.1, 0.15) is 25.0 Å². The molecule has 0 bridgehead atoms. The third kappa shape index (κ3) is 4.54. The molecule has 0 spiro atoms. The van der Waals surface area contributed by atoms with Gasteiger partial charge in [0, 0.05) is 22.1 Å². The first-order chi connectivity index (χ1) is 25.3. The van der Waals surface area contributed by atoms with Crippen LogP contribution in [0, 0.1) is 0 Å². The standard InChI is InChI=1S/C48H37N3Si/c1-48(2)39-19-9-7-15-35(39)43-37(17-11-20-40(43)48)46-49-45(32-26-23-31(24-27-32)34-28-25-30-13-5-6-14-33(30)29-34)50-47(51-46)38-18-12-22-42-44(38)36-16-8-10-21-41(36)52(42,3)4/h5-29H,1-4H3. The number of aromatic nitrogens is 3. The van der Waals surface area contributed by atoms with Gasteiger partial charge in [0.25, 0.3) is 0 Å². The normalized spacial score (nSPS) is 14.5. The molecule has 2 heterocycles. The van der Waals surface area contributed by atoms with E-state index in [4.69, 9.17) is 15.0 Å². The van der Waals surface area contributed by atoms with E-state index >= 15 is 0 Å². The minimum absolute atomic E-state index is 0.126. The summed E-state index contributed by atoms with van der Waals surface area (Å²) in [6, 6.07) is 54.9. The van der Waals surface area contributed by atoms with Crippen molar-refractivity contribution in [1.82, 2.24) is 15.0 Å². The van der Waals surface area contributed by atoms with Crippen molar-refractivity contribution in [3.63, 3.8) is 0 Å². The quantitative estimate of drug-likeness (QED) is 0.173. The molecule has 3 nitrogen and oxygen atoms in total. The van der Waals surface area contributed by atoms with E-state index in [1.165, 1.54) is 60.1 Å². The molecule has 0 amide bonds. The van der Waals surface area contributed by atoms with E-state index in [2.05, 4.69) is 179 Å². The topological polar surface area (TPSA) is 38.7 Å². The maximum absolute atomic E-state index is 5.38. The lowest BCUT2D eigenvalue weighted by Crippen LogP contribution is -2.49. The Labute approximate surface area is 305 Å². The molecule has 1 aromatic heterocycles. The third-order valence-corrected chi connectivity index (χ3v) is 15.1. The van der Waals surface area contributed by atoms with Crippen molar-refractivity contribution in [1.29, 1.82) is 0 Å². The molecular formula is C48H37N3Si. The Kier molecular flexibility index (Phi) is 6.68. The molecular weight excluding hydrogens is 647 g/mol. The fourth-order valence-corrected chi connectivity index (χ4v) is 11.9. The summed E-state index contributed by atoms with van der Waals surface area (Å²) in [6.45, 7) is 9.54. The van der Waals surface area contributed by atoms with E-state index in [0.717, 1.165) is 22.3 Å². The van der Waals surface area contributed by atoms with Crippen LogP contribution in [0.15, 0.2) is 152 Å². The van der Waals surface area contributed by atoms with Crippen LogP contribution in [0.5, 0.6) is 0 Å². The van der Waals surface area contributed by atoms with Crippen LogP contribution in [-0.2, 0) is 5.41 Å². The van der Waals surface area contributed by atoms with Gasteiger partial charge in [0.05, 0.1) is 0 Å². The van der Waals surface area contributed by atoms with Gasteiger partial charge in [-0.3, -0.25) is 0 Å². The molecule has 248 valence electrons. The van der Waals surface area contributed by atoms with Crippen LogP contribution in [0.25, 0.3) is 78.3 Å². The summed E-state index contributed by atoms with van der Waals surface area (Å²) in [7, 11) is -1.90. The highest BCUT2D eigenvalue weighted by molar-refractivity contribution is 7.04. The molecule has 8 aromatic rings. The average Bonchev–Trinajstić information content (AvgIpc) is 3.57. The van der Waals surface area contributed by atoms with Gasteiger partial charge in [-0.2, -0.15) is 0 Å². The van der Waals surface area contributed by atoms with Crippen LogP contribution >= 0.6 is 0 Å². The maximum atomic E-state index is 5.38. The summed E-state index contributed by atoms with van der Waals surface area (Å²) in [6.07, 6.45) is 0. The van der Waals surface area contributed by atoms with Crippen LogP contribution in [0.4, 0.5) is 0 Å². The zero-order chi connectivity index (χ0) is 35.2. The van der Waals surface area contributed by atoms with Crippen molar-refractivity contribution in [2.45, 2.75) is 32.4 Å². The second-order valence-corrected chi connectivity index (χ2v) is 19.6. The molecule has 0 atom stereocenters. The predicted octanol–water partition coefficient (Wildman–Crippen LogP) is 10.8. The molecule has 1 aliphatic heterocycles. The molecule has 1 aliphatic carbocycles. The van der Waals surface area contributed by atoms with Crippen LogP contribution in [-0.4, -0.2) is 23.0 Å². The fraction of sp³-hybridized carbons (Fsp3) is 0.104. The largest absolute Gasteiger partial charge is 0.208 e. The summed E-state index contributed by atoms with van der Waals surface area (Å²) in [5, 5.41) is 5.38. The number of hydrogen-bond donors (Lipinski definition) is 0. The van der Waals surface area contributed by atoms with Crippen molar-refractivity contribution >= 4 is 29.2 Å².